The first kappa shape index (κ1) is 13.5. The maximum atomic E-state index is 13.2. The van der Waals surface area contributed by atoms with Gasteiger partial charge in [-0.1, -0.05) is 11.3 Å². The second-order valence-electron chi connectivity index (χ2n) is 4.92. The molecule has 0 spiro atoms. The van der Waals surface area contributed by atoms with Gasteiger partial charge in [-0.2, -0.15) is 4.98 Å². The van der Waals surface area contributed by atoms with Gasteiger partial charge in [0.1, 0.15) is 0 Å². The highest BCUT2D eigenvalue weighted by Gasteiger charge is 2.58. The van der Waals surface area contributed by atoms with Crippen molar-refractivity contribution in [3.8, 4) is 5.88 Å². The Bertz CT molecular complexity index is 439. The molecular formula is C11H17F2N3OS. The predicted molar refractivity (Wildman–Crippen MR) is 67.9 cm³/mol. The predicted octanol–water partition coefficient (Wildman–Crippen LogP) is 1.84. The van der Waals surface area contributed by atoms with Crippen molar-refractivity contribution in [1.82, 2.24) is 4.98 Å². The van der Waals surface area contributed by atoms with Crippen LogP contribution in [0.2, 0.25) is 0 Å². The van der Waals surface area contributed by atoms with Crippen molar-refractivity contribution in [1.29, 1.82) is 0 Å². The third-order valence-corrected chi connectivity index (χ3v) is 4.68. The Hall–Kier alpha value is -0.950. The standard InChI is InChI=1S/C11H17F2N3OS/c1-16(2)9-15-8(17-3)7(18-9)10(6-14)4-11(12,13)5-10/h4-6,14H2,1-3H3. The highest BCUT2D eigenvalue weighted by atomic mass is 32.1. The molecule has 2 rings (SSSR count). The maximum absolute atomic E-state index is 13.2. The molecule has 0 bridgehead atoms. The van der Waals surface area contributed by atoms with Crippen molar-refractivity contribution >= 4 is 16.5 Å². The number of alkyl halides is 2. The highest BCUT2D eigenvalue weighted by Crippen LogP contribution is 2.56. The summed E-state index contributed by atoms with van der Waals surface area (Å²) < 4.78 is 31.6. The molecule has 1 aromatic rings. The van der Waals surface area contributed by atoms with Crippen LogP contribution in [0.25, 0.3) is 0 Å². The Morgan fingerprint density at radius 2 is 2.06 bits per heavy atom. The lowest BCUT2D eigenvalue weighted by Gasteiger charge is -2.46. The molecule has 0 aromatic carbocycles. The first-order valence-corrected chi connectivity index (χ1v) is 6.46. The van der Waals surface area contributed by atoms with Gasteiger partial charge in [0.15, 0.2) is 5.13 Å². The molecule has 1 aliphatic carbocycles. The smallest absolute Gasteiger partial charge is 0.250 e. The fourth-order valence-corrected chi connectivity index (χ4v) is 3.45. The molecule has 102 valence electrons. The Balaban J connectivity index is 2.37. The third kappa shape index (κ3) is 2.05. The van der Waals surface area contributed by atoms with E-state index >= 15 is 0 Å². The molecular weight excluding hydrogens is 260 g/mol. The van der Waals surface area contributed by atoms with E-state index in [1.54, 1.807) is 0 Å². The monoisotopic (exact) mass is 277 g/mol. The van der Waals surface area contributed by atoms with Gasteiger partial charge in [0.2, 0.25) is 11.8 Å². The average Bonchev–Trinajstić information content (AvgIpc) is 2.69. The van der Waals surface area contributed by atoms with Gasteiger partial charge in [0, 0.05) is 38.9 Å². The number of rotatable bonds is 4. The summed E-state index contributed by atoms with van der Waals surface area (Å²) >= 11 is 1.38. The topological polar surface area (TPSA) is 51.4 Å². The number of ether oxygens (including phenoxy) is 1. The van der Waals surface area contributed by atoms with E-state index in [1.807, 2.05) is 19.0 Å². The van der Waals surface area contributed by atoms with Gasteiger partial charge in [-0.3, -0.25) is 0 Å². The second-order valence-corrected chi connectivity index (χ2v) is 5.90. The van der Waals surface area contributed by atoms with Gasteiger partial charge in [-0.15, -0.1) is 0 Å². The largest absolute Gasteiger partial charge is 0.480 e. The molecule has 1 saturated carbocycles. The molecule has 0 aliphatic heterocycles. The van der Waals surface area contributed by atoms with E-state index in [-0.39, 0.29) is 19.4 Å². The van der Waals surface area contributed by atoms with Crippen LogP contribution in [-0.4, -0.2) is 38.7 Å². The van der Waals surface area contributed by atoms with Crippen molar-refractivity contribution in [3.05, 3.63) is 4.88 Å². The lowest BCUT2D eigenvalue weighted by molar-refractivity contribution is -0.123. The first-order chi connectivity index (χ1) is 8.33. The molecule has 0 atom stereocenters. The van der Waals surface area contributed by atoms with E-state index < -0.39 is 11.3 Å². The quantitative estimate of drug-likeness (QED) is 0.912. The van der Waals surface area contributed by atoms with Gasteiger partial charge in [0.05, 0.1) is 12.0 Å². The van der Waals surface area contributed by atoms with Crippen LogP contribution in [0, 0.1) is 0 Å². The highest BCUT2D eigenvalue weighted by molar-refractivity contribution is 7.16. The number of anilines is 1. The Morgan fingerprint density at radius 3 is 2.44 bits per heavy atom. The number of hydrogen-bond acceptors (Lipinski definition) is 5. The van der Waals surface area contributed by atoms with Gasteiger partial charge in [-0.05, 0) is 0 Å². The number of aromatic nitrogens is 1. The van der Waals surface area contributed by atoms with Crippen LogP contribution in [0.15, 0.2) is 0 Å². The molecule has 0 unspecified atom stereocenters. The molecule has 7 heteroatoms. The zero-order valence-corrected chi connectivity index (χ0v) is 11.5. The number of nitrogens with two attached hydrogens (primary N) is 1. The van der Waals surface area contributed by atoms with Gasteiger partial charge in [0.25, 0.3) is 0 Å². The van der Waals surface area contributed by atoms with Crippen molar-refractivity contribution in [2.75, 3.05) is 32.6 Å². The minimum Gasteiger partial charge on any atom is -0.480 e. The number of halogens is 2. The fraction of sp³-hybridized carbons (Fsp3) is 0.727. The van der Waals surface area contributed by atoms with Crippen LogP contribution < -0.4 is 15.4 Å². The fourth-order valence-electron chi connectivity index (χ4n) is 2.30. The second kappa shape index (κ2) is 4.31. The molecule has 4 nitrogen and oxygen atoms in total. The van der Waals surface area contributed by atoms with Crippen LogP contribution in [0.5, 0.6) is 5.88 Å². The number of methoxy groups -OCH3 is 1. The number of hydrogen-bond donors (Lipinski definition) is 1. The third-order valence-electron chi connectivity index (χ3n) is 3.23. The molecule has 2 N–H and O–H groups in total. The SMILES string of the molecule is COc1nc(N(C)C)sc1C1(CN)CC(F)(F)C1. The van der Waals surface area contributed by atoms with Crippen LogP contribution in [0.4, 0.5) is 13.9 Å². The summed E-state index contributed by atoms with van der Waals surface area (Å²) in [7, 11) is 5.21. The Labute approximate surface area is 109 Å². The molecule has 1 aromatic heterocycles. The maximum Gasteiger partial charge on any atom is 0.250 e. The minimum atomic E-state index is -2.62. The summed E-state index contributed by atoms with van der Waals surface area (Å²) in [5.41, 5.74) is 5.03. The van der Waals surface area contributed by atoms with Crippen LogP contribution in [-0.2, 0) is 5.41 Å². The summed E-state index contributed by atoms with van der Waals surface area (Å²) in [5, 5.41) is 0.741. The average molecular weight is 277 g/mol. The van der Waals surface area contributed by atoms with Crippen molar-refractivity contribution in [2.24, 2.45) is 5.73 Å². The van der Waals surface area contributed by atoms with E-state index in [2.05, 4.69) is 4.98 Å². The van der Waals surface area contributed by atoms with Crippen LogP contribution >= 0.6 is 11.3 Å². The molecule has 1 heterocycles. The van der Waals surface area contributed by atoms with E-state index in [0.29, 0.717) is 5.88 Å². The summed E-state index contributed by atoms with van der Waals surface area (Å²) in [5.74, 6) is -2.20. The van der Waals surface area contributed by atoms with E-state index in [0.717, 1.165) is 10.0 Å². The lowest BCUT2D eigenvalue weighted by atomic mass is 9.65. The van der Waals surface area contributed by atoms with Crippen LogP contribution in [0.1, 0.15) is 17.7 Å². The van der Waals surface area contributed by atoms with Crippen molar-refractivity contribution in [2.45, 2.75) is 24.2 Å². The summed E-state index contributed by atoms with van der Waals surface area (Å²) in [6, 6.07) is 0. The van der Waals surface area contributed by atoms with E-state index in [9.17, 15) is 8.78 Å². The number of nitrogens with zero attached hydrogens (tertiary/aromatic N) is 2. The van der Waals surface area contributed by atoms with Gasteiger partial charge < -0.3 is 15.4 Å². The lowest BCUT2D eigenvalue weighted by Crippen LogP contribution is -2.53. The van der Waals surface area contributed by atoms with E-state index in [1.165, 1.54) is 18.4 Å². The summed E-state index contributed by atoms with van der Waals surface area (Å²) in [4.78, 5) is 6.86. The Morgan fingerprint density at radius 1 is 1.44 bits per heavy atom. The normalized spacial score (nSPS) is 20.3. The zero-order chi connectivity index (χ0) is 13.6. The molecule has 18 heavy (non-hydrogen) atoms. The summed E-state index contributed by atoms with van der Waals surface area (Å²) in [6.45, 7) is 0.189. The first-order valence-electron chi connectivity index (χ1n) is 5.64. The Kier molecular flexibility index (Phi) is 3.23. The molecule has 1 aliphatic rings. The molecule has 0 saturated heterocycles. The van der Waals surface area contributed by atoms with Gasteiger partial charge >= 0.3 is 0 Å². The van der Waals surface area contributed by atoms with Gasteiger partial charge in [-0.25, -0.2) is 8.78 Å². The molecule has 0 radical (unpaired) electrons. The van der Waals surface area contributed by atoms with Crippen molar-refractivity contribution in [3.63, 3.8) is 0 Å². The number of thiazole rings is 1. The van der Waals surface area contributed by atoms with Crippen LogP contribution in [0.3, 0.4) is 0 Å². The van der Waals surface area contributed by atoms with Crippen molar-refractivity contribution < 1.29 is 13.5 Å². The molecule has 1 fully saturated rings. The van der Waals surface area contributed by atoms with E-state index in [4.69, 9.17) is 10.5 Å². The molecule has 0 amide bonds. The summed E-state index contributed by atoms with van der Waals surface area (Å²) in [6.07, 6.45) is -0.441. The zero-order valence-electron chi connectivity index (χ0n) is 10.7. The minimum absolute atomic E-state index is 0.189.